The number of benzene rings is 1. The zero-order valence-corrected chi connectivity index (χ0v) is 15.0. The largest absolute Gasteiger partial charge is 0.256 e. The molecular formula is C19H23N3S. The number of fused-ring (bicyclic) bond motifs is 1. The van der Waals surface area contributed by atoms with Crippen LogP contribution in [0.2, 0.25) is 0 Å². The summed E-state index contributed by atoms with van der Waals surface area (Å²) in [6.45, 7) is 8.76. The van der Waals surface area contributed by atoms with Crippen molar-refractivity contribution in [3.8, 4) is 0 Å². The molecule has 23 heavy (non-hydrogen) atoms. The Balaban J connectivity index is 1.87. The second kappa shape index (κ2) is 6.75. The number of aryl methyl sites for hydroxylation is 1. The van der Waals surface area contributed by atoms with E-state index in [1.807, 2.05) is 19.2 Å². The molecule has 120 valence electrons. The van der Waals surface area contributed by atoms with Crippen LogP contribution in [0, 0.1) is 12.8 Å². The predicted octanol–water partition coefficient (Wildman–Crippen LogP) is 4.94. The van der Waals surface area contributed by atoms with Crippen molar-refractivity contribution < 1.29 is 0 Å². The van der Waals surface area contributed by atoms with Crippen LogP contribution in [-0.2, 0) is 12.8 Å². The van der Waals surface area contributed by atoms with Crippen LogP contribution in [0.5, 0.6) is 0 Å². The number of hydrogen-bond acceptors (Lipinski definition) is 4. The van der Waals surface area contributed by atoms with E-state index in [1.54, 1.807) is 11.3 Å². The van der Waals surface area contributed by atoms with E-state index in [-0.39, 0.29) is 0 Å². The first-order chi connectivity index (χ1) is 11.0. The summed E-state index contributed by atoms with van der Waals surface area (Å²) in [5.74, 6) is 1.04. The molecule has 0 amide bonds. The van der Waals surface area contributed by atoms with E-state index < -0.39 is 0 Å². The molecule has 0 radical (unpaired) electrons. The molecule has 2 heterocycles. The van der Waals surface area contributed by atoms with Crippen LogP contribution < -0.4 is 0 Å². The lowest BCUT2D eigenvalue weighted by Crippen LogP contribution is -2.05. The van der Waals surface area contributed by atoms with Gasteiger partial charge in [-0.25, -0.2) is 0 Å². The van der Waals surface area contributed by atoms with Gasteiger partial charge in [0.15, 0.2) is 0 Å². The molecule has 3 nitrogen and oxygen atoms in total. The minimum absolute atomic E-state index is 0.512. The van der Waals surface area contributed by atoms with Crippen LogP contribution in [0.15, 0.2) is 30.5 Å². The van der Waals surface area contributed by atoms with Crippen LogP contribution in [0.1, 0.15) is 47.8 Å². The molecule has 2 aromatic heterocycles. The van der Waals surface area contributed by atoms with Crippen LogP contribution in [0.4, 0.5) is 0 Å². The van der Waals surface area contributed by atoms with Crippen LogP contribution >= 0.6 is 11.3 Å². The average molecular weight is 325 g/mol. The molecule has 0 N–H and O–H groups in total. The van der Waals surface area contributed by atoms with E-state index in [1.165, 1.54) is 16.5 Å². The Morgan fingerprint density at radius 1 is 1.04 bits per heavy atom. The average Bonchev–Trinajstić information content (AvgIpc) is 2.92. The fourth-order valence-electron chi connectivity index (χ4n) is 3.09. The van der Waals surface area contributed by atoms with Crippen molar-refractivity contribution in [1.82, 2.24) is 15.2 Å². The summed E-state index contributed by atoms with van der Waals surface area (Å²) in [4.78, 5) is 4.66. The molecule has 1 unspecified atom stereocenters. The first kappa shape index (κ1) is 16.1. The van der Waals surface area contributed by atoms with Gasteiger partial charge >= 0.3 is 0 Å². The molecule has 1 aromatic carbocycles. The summed E-state index contributed by atoms with van der Waals surface area (Å²) in [7, 11) is 0. The highest BCUT2D eigenvalue weighted by Crippen LogP contribution is 2.28. The minimum Gasteiger partial charge on any atom is -0.256 e. The Morgan fingerprint density at radius 3 is 2.57 bits per heavy atom. The van der Waals surface area contributed by atoms with Gasteiger partial charge in [0.05, 0.1) is 5.52 Å². The van der Waals surface area contributed by atoms with Gasteiger partial charge in [-0.15, -0.1) is 21.5 Å². The Hall–Kier alpha value is -1.81. The zero-order valence-electron chi connectivity index (χ0n) is 14.2. The summed E-state index contributed by atoms with van der Waals surface area (Å²) >= 11 is 1.70. The highest BCUT2D eigenvalue weighted by Gasteiger charge is 2.13. The molecular weight excluding hydrogens is 302 g/mol. The fourth-order valence-corrected chi connectivity index (χ4v) is 3.96. The van der Waals surface area contributed by atoms with E-state index >= 15 is 0 Å². The van der Waals surface area contributed by atoms with Crippen molar-refractivity contribution in [3.63, 3.8) is 0 Å². The highest BCUT2D eigenvalue weighted by molar-refractivity contribution is 7.11. The van der Waals surface area contributed by atoms with Crippen LogP contribution in [-0.4, -0.2) is 15.2 Å². The second-order valence-corrected chi connectivity index (χ2v) is 7.86. The maximum absolute atomic E-state index is 4.66. The third-order valence-corrected chi connectivity index (χ3v) is 5.03. The maximum atomic E-state index is 4.66. The summed E-state index contributed by atoms with van der Waals surface area (Å²) < 4.78 is 0. The smallest absolute Gasteiger partial charge is 0.117 e. The van der Waals surface area contributed by atoms with Crippen molar-refractivity contribution in [1.29, 1.82) is 0 Å². The summed E-state index contributed by atoms with van der Waals surface area (Å²) in [6.07, 6.45) is 3.89. The second-order valence-electron chi connectivity index (χ2n) is 6.60. The van der Waals surface area contributed by atoms with Gasteiger partial charge in [-0.05, 0) is 42.4 Å². The molecule has 4 heteroatoms. The fraction of sp³-hybridized carbons (Fsp3) is 0.421. The number of rotatable bonds is 5. The monoisotopic (exact) mass is 325 g/mol. The normalized spacial score (nSPS) is 12.9. The van der Waals surface area contributed by atoms with Gasteiger partial charge in [-0.2, -0.15) is 0 Å². The van der Waals surface area contributed by atoms with Gasteiger partial charge in [0.1, 0.15) is 10.0 Å². The van der Waals surface area contributed by atoms with E-state index in [4.69, 9.17) is 0 Å². The molecule has 0 spiro atoms. The Labute approximate surface area is 141 Å². The van der Waals surface area contributed by atoms with Gasteiger partial charge in [-0.1, -0.05) is 39.0 Å². The molecule has 3 aromatic rings. The minimum atomic E-state index is 0.512. The SMILES string of the molecule is Cc1nnc(CC(C)Cc2ccc(C(C)C)c3cccnc23)s1. The van der Waals surface area contributed by atoms with E-state index in [0.29, 0.717) is 11.8 Å². The number of aromatic nitrogens is 3. The molecule has 3 rings (SSSR count). The lowest BCUT2D eigenvalue weighted by atomic mass is 9.91. The Bertz CT molecular complexity index is 807. The summed E-state index contributed by atoms with van der Waals surface area (Å²) in [5.41, 5.74) is 3.86. The quantitative estimate of drug-likeness (QED) is 0.667. The van der Waals surface area contributed by atoms with Crippen molar-refractivity contribution in [2.24, 2.45) is 5.92 Å². The third kappa shape index (κ3) is 3.58. The van der Waals surface area contributed by atoms with E-state index in [2.05, 4.69) is 54.2 Å². The lowest BCUT2D eigenvalue weighted by molar-refractivity contribution is 0.574. The first-order valence-corrected chi connectivity index (χ1v) is 9.01. The van der Waals surface area contributed by atoms with Crippen molar-refractivity contribution >= 4 is 22.2 Å². The molecule has 0 aliphatic rings. The highest BCUT2D eigenvalue weighted by atomic mass is 32.1. The van der Waals surface area contributed by atoms with Crippen molar-refractivity contribution in [2.75, 3.05) is 0 Å². The third-order valence-electron chi connectivity index (χ3n) is 4.17. The summed E-state index contributed by atoms with van der Waals surface area (Å²) in [6, 6.07) is 8.75. The van der Waals surface area contributed by atoms with E-state index in [9.17, 15) is 0 Å². The molecule has 0 aliphatic carbocycles. The van der Waals surface area contributed by atoms with Gasteiger partial charge < -0.3 is 0 Å². The molecule has 0 saturated heterocycles. The van der Waals surface area contributed by atoms with Gasteiger partial charge in [0.2, 0.25) is 0 Å². The molecule has 0 fully saturated rings. The van der Waals surface area contributed by atoms with Crippen molar-refractivity contribution in [2.45, 2.75) is 46.5 Å². The Morgan fingerprint density at radius 2 is 1.87 bits per heavy atom. The standard InChI is InChI=1S/C19H23N3S/c1-12(2)16-8-7-15(19-17(16)6-5-9-20-19)10-13(3)11-18-22-21-14(4)23-18/h5-9,12-13H,10-11H2,1-4H3. The first-order valence-electron chi connectivity index (χ1n) is 8.20. The number of pyridine rings is 1. The maximum Gasteiger partial charge on any atom is 0.117 e. The van der Waals surface area contributed by atoms with Crippen LogP contribution in [0.25, 0.3) is 10.9 Å². The van der Waals surface area contributed by atoms with Gasteiger partial charge in [-0.3, -0.25) is 4.98 Å². The number of hydrogen-bond donors (Lipinski definition) is 0. The Kier molecular flexibility index (Phi) is 4.71. The predicted molar refractivity (Wildman–Crippen MR) is 97.1 cm³/mol. The van der Waals surface area contributed by atoms with Gasteiger partial charge in [0.25, 0.3) is 0 Å². The van der Waals surface area contributed by atoms with Crippen molar-refractivity contribution in [3.05, 3.63) is 51.6 Å². The topological polar surface area (TPSA) is 38.7 Å². The molecule has 1 atom stereocenters. The zero-order chi connectivity index (χ0) is 16.4. The van der Waals surface area contributed by atoms with Crippen LogP contribution in [0.3, 0.4) is 0 Å². The van der Waals surface area contributed by atoms with Gasteiger partial charge in [0, 0.05) is 18.0 Å². The van der Waals surface area contributed by atoms with E-state index in [0.717, 1.165) is 28.4 Å². The molecule has 0 saturated carbocycles. The molecule has 0 bridgehead atoms. The summed E-state index contributed by atoms with van der Waals surface area (Å²) in [5, 5.41) is 11.8. The number of nitrogens with zero attached hydrogens (tertiary/aromatic N) is 3. The molecule has 0 aliphatic heterocycles. The lowest BCUT2D eigenvalue weighted by Gasteiger charge is -2.15.